The summed E-state index contributed by atoms with van der Waals surface area (Å²) < 4.78 is 5.58. The zero-order valence-electron chi connectivity index (χ0n) is 14.3. The molecule has 5 nitrogen and oxygen atoms in total. The van der Waals surface area contributed by atoms with Crippen molar-refractivity contribution in [3.05, 3.63) is 53.2 Å². The molecule has 25 heavy (non-hydrogen) atoms. The van der Waals surface area contributed by atoms with Gasteiger partial charge >= 0.3 is 0 Å². The van der Waals surface area contributed by atoms with Gasteiger partial charge in [0.1, 0.15) is 11.6 Å². The van der Waals surface area contributed by atoms with Crippen molar-refractivity contribution < 1.29 is 9.53 Å². The Hall–Kier alpha value is -3.26. The molecular formula is C20H17N3O2. The Labute approximate surface area is 145 Å². The van der Waals surface area contributed by atoms with Gasteiger partial charge in [-0.2, -0.15) is 10.2 Å². The lowest BCUT2D eigenvalue weighted by molar-refractivity contribution is 0.101. The SMILES string of the molecule is CCOc1nc2nc(C)c(C(C)=O)cc2c(-c2ccccc2)c1C#N. The van der Waals surface area contributed by atoms with E-state index in [4.69, 9.17) is 4.74 Å². The number of nitrogens with zero attached hydrogens (tertiary/aromatic N) is 3. The first kappa shape index (κ1) is 16.6. The molecule has 5 heteroatoms. The predicted octanol–water partition coefficient (Wildman–Crippen LogP) is 4.08. The fraction of sp³-hybridized carbons (Fsp3) is 0.200. The number of aryl methyl sites for hydroxylation is 1. The number of hydrogen-bond acceptors (Lipinski definition) is 5. The van der Waals surface area contributed by atoms with Crippen LogP contribution < -0.4 is 4.74 Å². The Bertz CT molecular complexity index is 1010. The van der Waals surface area contributed by atoms with Crippen molar-refractivity contribution in [3.63, 3.8) is 0 Å². The molecule has 0 amide bonds. The van der Waals surface area contributed by atoms with Gasteiger partial charge in [-0.3, -0.25) is 4.79 Å². The van der Waals surface area contributed by atoms with Crippen molar-refractivity contribution in [1.29, 1.82) is 5.26 Å². The van der Waals surface area contributed by atoms with Crippen molar-refractivity contribution in [2.24, 2.45) is 0 Å². The predicted molar refractivity (Wildman–Crippen MR) is 95.6 cm³/mol. The molecular weight excluding hydrogens is 314 g/mol. The van der Waals surface area contributed by atoms with Crippen LogP contribution in [0.3, 0.4) is 0 Å². The van der Waals surface area contributed by atoms with Crippen LogP contribution in [0.4, 0.5) is 0 Å². The minimum Gasteiger partial charge on any atom is -0.477 e. The fourth-order valence-electron chi connectivity index (χ4n) is 2.86. The average molecular weight is 331 g/mol. The molecule has 124 valence electrons. The Morgan fingerprint density at radius 3 is 2.56 bits per heavy atom. The van der Waals surface area contributed by atoms with E-state index in [0.717, 1.165) is 5.56 Å². The third-order valence-corrected chi connectivity index (χ3v) is 3.97. The minimum atomic E-state index is -0.0710. The van der Waals surface area contributed by atoms with E-state index in [2.05, 4.69) is 16.0 Å². The van der Waals surface area contributed by atoms with Gasteiger partial charge < -0.3 is 4.74 Å². The summed E-state index contributed by atoms with van der Waals surface area (Å²) in [5, 5.41) is 10.4. The molecule has 0 aliphatic carbocycles. The highest BCUT2D eigenvalue weighted by Crippen LogP contribution is 2.36. The second-order valence-electron chi connectivity index (χ2n) is 5.63. The first-order valence-corrected chi connectivity index (χ1v) is 8.01. The van der Waals surface area contributed by atoms with E-state index >= 15 is 0 Å². The van der Waals surface area contributed by atoms with E-state index in [0.29, 0.717) is 40.0 Å². The molecule has 2 aromatic heterocycles. The molecule has 0 radical (unpaired) electrons. The highest BCUT2D eigenvalue weighted by atomic mass is 16.5. The van der Waals surface area contributed by atoms with E-state index in [9.17, 15) is 10.1 Å². The number of carbonyl (C=O) groups is 1. The number of ether oxygens (including phenoxy) is 1. The molecule has 0 unspecified atom stereocenters. The number of ketones is 1. The number of Topliss-reactive ketones (excluding diaryl/α,β-unsaturated/α-hetero) is 1. The van der Waals surface area contributed by atoms with Crippen molar-refractivity contribution in [1.82, 2.24) is 9.97 Å². The summed E-state index contributed by atoms with van der Waals surface area (Å²) in [4.78, 5) is 20.8. The van der Waals surface area contributed by atoms with Crippen LogP contribution in [-0.2, 0) is 0 Å². The zero-order valence-corrected chi connectivity index (χ0v) is 14.3. The van der Waals surface area contributed by atoms with Crippen molar-refractivity contribution in [2.45, 2.75) is 20.8 Å². The lowest BCUT2D eigenvalue weighted by atomic mass is 9.96. The molecule has 1 aromatic carbocycles. The van der Waals surface area contributed by atoms with Crippen LogP contribution in [0.15, 0.2) is 36.4 Å². The second kappa shape index (κ2) is 6.70. The van der Waals surface area contributed by atoms with Gasteiger partial charge in [-0.15, -0.1) is 0 Å². The highest BCUT2D eigenvalue weighted by molar-refractivity contribution is 6.03. The van der Waals surface area contributed by atoms with Crippen LogP contribution in [-0.4, -0.2) is 22.4 Å². The summed E-state index contributed by atoms with van der Waals surface area (Å²) in [6, 6.07) is 13.5. The lowest BCUT2D eigenvalue weighted by Crippen LogP contribution is -2.05. The summed E-state index contributed by atoms with van der Waals surface area (Å²) in [6.45, 7) is 5.52. The van der Waals surface area contributed by atoms with Gasteiger partial charge in [0.15, 0.2) is 11.4 Å². The van der Waals surface area contributed by atoms with Gasteiger partial charge in [0, 0.05) is 16.5 Å². The lowest BCUT2D eigenvalue weighted by Gasteiger charge is -2.14. The topological polar surface area (TPSA) is 75.9 Å². The summed E-state index contributed by atoms with van der Waals surface area (Å²) in [7, 11) is 0. The van der Waals surface area contributed by atoms with Gasteiger partial charge in [0.2, 0.25) is 5.88 Å². The molecule has 0 aliphatic rings. The van der Waals surface area contributed by atoms with E-state index < -0.39 is 0 Å². The van der Waals surface area contributed by atoms with Crippen LogP contribution in [0.25, 0.3) is 22.2 Å². The fourth-order valence-corrected chi connectivity index (χ4v) is 2.86. The van der Waals surface area contributed by atoms with Crippen LogP contribution >= 0.6 is 0 Å². The molecule has 0 saturated carbocycles. The number of rotatable bonds is 4. The van der Waals surface area contributed by atoms with Crippen molar-refractivity contribution in [3.8, 4) is 23.1 Å². The maximum absolute atomic E-state index is 11.9. The molecule has 3 aromatic rings. The Kier molecular flexibility index (Phi) is 4.44. The van der Waals surface area contributed by atoms with Crippen molar-refractivity contribution >= 4 is 16.8 Å². The highest BCUT2D eigenvalue weighted by Gasteiger charge is 2.20. The number of benzene rings is 1. The van der Waals surface area contributed by atoms with E-state index in [-0.39, 0.29) is 11.7 Å². The summed E-state index contributed by atoms with van der Waals surface area (Å²) in [5.41, 5.74) is 3.49. The second-order valence-corrected chi connectivity index (χ2v) is 5.63. The molecule has 0 atom stereocenters. The number of fused-ring (bicyclic) bond motifs is 1. The number of carbonyl (C=O) groups excluding carboxylic acids is 1. The van der Waals surface area contributed by atoms with Crippen LogP contribution in [0.5, 0.6) is 5.88 Å². The third kappa shape index (κ3) is 2.94. The van der Waals surface area contributed by atoms with E-state index in [1.165, 1.54) is 6.92 Å². The molecule has 3 rings (SSSR count). The van der Waals surface area contributed by atoms with E-state index in [1.807, 2.05) is 37.3 Å². The summed E-state index contributed by atoms with van der Waals surface area (Å²) in [6.07, 6.45) is 0. The smallest absolute Gasteiger partial charge is 0.234 e. The normalized spacial score (nSPS) is 10.5. The maximum atomic E-state index is 11.9. The van der Waals surface area contributed by atoms with Crippen molar-refractivity contribution in [2.75, 3.05) is 6.61 Å². The zero-order chi connectivity index (χ0) is 18.0. The summed E-state index contributed by atoms with van der Waals surface area (Å²) in [5.74, 6) is 0.192. The van der Waals surface area contributed by atoms with Gasteiger partial charge in [-0.25, -0.2) is 4.98 Å². The molecule has 0 aliphatic heterocycles. The largest absolute Gasteiger partial charge is 0.477 e. The number of nitriles is 1. The monoisotopic (exact) mass is 331 g/mol. The quantitative estimate of drug-likeness (QED) is 0.673. The molecule has 0 N–H and O–H groups in total. The van der Waals surface area contributed by atoms with Crippen LogP contribution in [0.1, 0.15) is 35.5 Å². The summed E-state index contributed by atoms with van der Waals surface area (Å²) >= 11 is 0. The molecule has 0 fully saturated rings. The standard InChI is InChI=1S/C20H17N3O2/c1-4-25-20-17(11-21)18(14-8-6-5-7-9-14)16-10-15(13(3)24)12(2)22-19(16)23-20/h5-10H,4H2,1-3H3. The van der Waals surface area contributed by atoms with Gasteiger partial charge in [0.25, 0.3) is 0 Å². The molecule has 0 bridgehead atoms. The number of pyridine rings is 2. The Morgan fingerprint density at radius 2 is 1.96 bits per heavy atom. The van der Waals surface area contributed by atoms with Crippen LogP contribution in [0, 0.1) is 18.3 Å². The molecule has 2 heterocycles. The van der Waals surface area contributed by atoms with Gasteiger partial charge in [0.05, 0.1) is 12.3 Å². The third-order valence-electron chi connectivity index (χ3n) is 3.97. The minimum absolute atomic E-state index is 0.0710. The van der Waals surface area contributed by atoms with Gasteiger partial charge in [-0.05, 0) is 32.4 Å². The maximum Gasteiger partial charge on any atom is 0.234 e. The average Bonchev–Trinajstić information content (AvgIpc) is 2.60. The van der Waals surface area contributed by atoms with E-state index in [1.54, 1.807) is 13.0 Å². The number of aromatic nitrogens is 2. The Morgan fingerprint density at radius 1 is 1.24 bits per heavy atom. The number of hydrogen-bond donors (Lipinski definition) is 0. The first-order valence-electron chi connectivity index (χ1n) is 8.01. The first-order chi connectivity index (χ1) is 12.1. The molecule has 0 saturated heterocycles. The van der Waals surface area contributed by atoms with Crippen LogP contribution in [0.2, 0.25) is 0 Å². The van der Waals surface area contributed by atoms with Gasteiger partial charge in [-0.1, -0.05) is 30.3 Å². The Balaban J connectivity index is 2.48. The molecule has 0 spiro atoms.